The van der Waals surface area contributed by atoms with Gasteiger partial charge >= 0.3 is 0 Å². The van der Waals surface area contributed by atoms with Crippen molar-refractivity contribution < 1.29 is 0 Å². The minimum atomic E-state index is 0.838. The quantitative estimate of drug-likeness (QED) is 0.772. The molecule has 0 unspecified atom stereocenters. The number of imidazole rings is 1. The van der Waals surface area contributed by atoms with E-state index in [1.54, 1.807) is 0 Å². The van der Waals surface area contributed by atoms with Crippen LogP contribution >= 0.6 is 0 Å². The summed E-state index contributed by atoms with van der Waals surface area (Å²) in [4.78, 5) is 4.24. The van der Waals surface area contributed by atoms with Gasteiger partial charge in [-0.05, 0) is 23.4 Å². The van der Waals surface area contributed by atoms with Crippen molar-refractivity contribution in [2.75, 3.05) is 7.05 Å². The lowest BCUT2D eigenvalue weighted by Gasteiger charge is -2.10. The lowest BCUT2D eigenvalue weighted by atomic mass is 10.0. The van der Waals surface area contributed by atoms with Gasteiger partial charge in [0.15, 0.2) is 0 Å². The monoisotopic (exact) mass is 251 g/mol. The number of hydrogen-bond donors (Lipinski definition) is 1. The Morgan fingerprint density at radius 3 is 2.84 bits per heavy atom. The van der Waals surface area contributed by atoms with Crippen molar-refractivity contribution in [3.8, 4) is 0 Å². The molecule has 0 aliphatic carbocycles. The van der Waals surface area contributed by atoms with Crippen LogP contribution in [0.4, 0.5) is 0 Å². The molecule has 0 amide bonds. The van der Waals surface area contributed by atoms with Gasteiger partial charge in [0.2, 0.25) is 0 Å². The Balaban J connectivity index is 1.99. The number of nitrogens with one attached hydrogen (secondary N) is 1. The van der Waals surface area contributed by atoms with Crippen LogP contribution in [0.1, 0.15) is 11.3 Å². The predicted molar refractivity (Wildman–Crippen MR) is 78.0 cm³/mol. The zero-order chi connectivity index (χ0) is 13.1. The van der Waals surface area contributed by atoms with Crippen LogP contribution < -0.4 is 5.32 Å². The summed E-state index contributed by atoms with van der Waals surface area (Å²) >= 11 is 0. The third-order valence-corrected chi connectivity index (χ3v) is 3.38. The molecule has 19 heavy (non-hydrogen) atoms. The summed E-state index contributed by atoms with van der Waals surface area (Å²) in [6.07, 6.45) is 3.82. The zero-order valence-corrected chi connectivity index (χ0v) is 11.0. The van der Waals surface area contributed by atoms with Crippen LogP contribution in [0.3, 0.4) is 0 Å². The third-order valence-electron chi connectivity index (χ3n) is 3.38. The van der Waals surface area contributed by atoms with Crippen molar-refractivity contribution in [1.29, 1.82) is 0 Å². The molecule has 1 N–H and O–H groups in total. The van der Waals surface area contributed by atoms with E-state index in [9.17, 15) is 0 Å². The van der Waals surface area contributed by atoms with E-state index in [1.807, 2.05) is 19.6 Å². The molecule has 0 radical (unpaired) electrons. The molecule has 3 rings (SSSR count). The van der Waals surface area contributed by atoms with Crippen molar-refractivity contribution in [1.82, 2.24) is 14.9 Å². The van der Waals surface area contributed by atoms with Gasteiger partial charge in [-0.2, -0.15) is 0 Å². The van der Waals surface area contributed by atoms with Crippen LogP contribution in [0.25, 0.3) is 10.8 Å². The Morgan fingerprint density at radius 1 is 1.11 bits per heavy atom. The lowest BCUT2D eigenvalue weighted by Crippen LogP contribution is -2.11. The summed E-state index contributed by atoms with van der Waals surface area (Å²) in [5, 5.41) is 5.77. The number of benzene rings is 2. The summed E-state index contributed by atoms with van der Waals surface area (Å²) in [5.74, 6) is 0. The largest absolute Gasteiger partial charge is 0.329 e. The maximum atomic E-state index is 4.24. The smallest absolute Gasteiger partial charge is 0.0951 e. The topological polar surface area (TPSA) is 29.9 Å². The van der Waals surface area contributed by atoms with E-state index in [0.717, 1.165) is 13.1 Å². The highest BCUT2D eigenvalue weighted by atomic mass is 15.1. The fourth-order valence-corrected chi connectivity index (χ4v) is 2.43. The minimum absolute atomic E-state index is 0.838. The molecule has 0 spiro atoms. The fourth-order valence-electron chi connectivity index (χ4n) is 2.43. The van der Waals surface area contributed by atoms with Crippen LogP contribution in [0.2, 0.25) is 0 Å². The van der Waals surface area contributed by atoms with Gasteiger partial charge in [-0.3, -0.25) is 0 Å². The Bertz CT molecular complexity index is 680. The second-order valence-corrected chi connectivity index (χ2v) is 4.68. The first-order chi connectivity index (χ1) is 9.38. The van der Waals surface area contributed by atoms with Crippen molar-refractivity contribution in [2.24, 2.45) is 0 Å². The summed E-state index contributed by atoms with van der Waals surface area (Å²) < 4.78 is 2.19. The highest BCUT2D eigenvalue weighted by Gasteiger charge is 2.04. The molecule has 0 aliphatic heterocycles. The third kappa shape index (κ3) is 2.37. The van der Waals surface area contributed by atoms with Crippen molar-refractivity contribution in [3.63, 3.8) is 0 Å². The molecule has 2 aromatic carbocycles. The maximum Gasteiger partial charge on any atom is 0.0951 e. The first kappa shape index (κ1) is 11.9. The molecule has 0 saturated heterocycles. The van der Waals surface area contributed by atoms with Crippen molar-refractivity contribution >= 4 is 10.8 Å². The van der Waals surface area contributed by atoms with Gasteiger partial charge < -0.3 is 9.88 Å². The SMILES string of the molecule is CNCc1cncn1Cc1cccc2ccccc12. The van der Waals surface area contributed by atoms with E-state index in [-0.39, 0.29) is 0 Å². The molecular formula is C16H17N3. The normalized spacial score (nSPS) is 11.0. The molecule has 0 saturated carbocycles. The molecule has 96 valence electrons. The predicted octanol–water partition coefficient (Wildman–Crippen LogP) is 2.80. The number of fused-ring (bicyclic) bond motifs is 1. The van der Waals surface area contributed by atoms with Crippen LogP contribution in [0.15, 0.2) is 55.0 Å². The van der Waals surface area contributed by atoms with Gasteiger partial charge in [0.25, 0.3) is 0 Å². The average molecular weight is 251 g/mol. The lowest BCUT2D eigenvalue weighted by molar-refractivity contribution is 0.695. The Kier molecular flexibility index (Phi) is 3.29. The van der Waals surface area contributed by atoms with Gasteiger partial charge in [-0.25, -0.2) is 4.98 Å². The second kappa shape index (κ2) is 5.24. The highest BCUT2D eigenvalue weighted by Crippen LogP contribution is 2.19. The number of aromatic nitrogens is 2. The summed E-state index contributed by atoms with van der Waals surface area (Å²) in [6.45, 7) is 1.70. The van der Waals surface area contributed by atoms with Gasteiger partial charge in [-0.1, -0.05) is 42.5 Å². The number of rotatable bonds is 4. The van der Waals surface area contributed by atoms with Gasteiger partial charge in [0.1, 0.15) is 0 Å². The maximum absolute atomic E-state index is 4.24. The van der Waals surface area contributed by atoms with Crippen LogP contribution in [-0.4, -0.2) is 16.6 Å². The molecule has 1 heterocycles. The summed E-state index contributed by atoms with van der Waals surface area (Å²) in [5.41, 5.74) is 2.53. The molecule has 3 heteroatoms. The van der Waals surface area contributed by atoms with Crippen molar-refractivity contribution in [2.45, 2.75) is 13.1 Å². The average Bonchev–Trinajstić information content (AvgIpc) is 2.87. The van der Waals surface area contributed by atoms with Crippen LogP contribution in [-0.2, 0) is 13.1 Å². The number of hydrogen-bond acceptors (Lipinski definition) is 2. The Labute approximate surface area is 112 Å². The summed E-state index contributed by atoms with van der Waals surface area (Å²) in [6, 6.07) is 15.0. The Hall–Kier alpha value is -2.13. The zero-order valence-electron chi connectivity index (χ0n) is 11.0. The van der Waals surface area contributed by atoms with E-state index in [1.165, 1.54) is 22.0 Å². The molecule has 1 aromatic heterocycles. The van der Waals surface area contributed by atoms with Gasteiger partial charge in [0, 0.05) is 19.3 Å². The van der Waals surface area contributed by atoms with Crippen molar-refractivity contribution in [3.05, 3.63) is 66.2 Å². The van der Waals surface area contributed by atoms with E-state index < -0.39 is 0 Å². The summed E-state index contributed by atoms with van der Waals surface area (Å²) in [7, 11) is 1.95. The molecule has 0 atom stereocenters. The highest BCUT2D eigenvalue weighted by molar-refractivity contribution is 5.85. The first-order valence-corrected chi connectivity index (χ1v) is 6.49. The van der Waals surface area contributed by atoms with Crippen LogP contribution in [0, 0.1) is 0 Å². The first-order valence-electron chi connectivity index (χ1n) is 6.49. The number of nitrogens with zero attached hydrogens (tertiary/aromatic N) is 2. The molecule has 3 nitrogen and oxygen atoms in total. The van der Waals surface area contributed by atoms with E-state index in [0.29, 0.717) is 0 Å². The molecule has 0 bridgehead atoms. The molecular weight excluding hydrogens is 234 g/mol. The minimum Gasteiger partial charge on any atom is -0.329 e. The second-order valence-electron chi connectivity index (χ2n) is 4.68. The van der Waals surface area contributed by atoms with E-state index in [4.69, 9.17) is 0 Å². The molecule has 0 aliphatic rings. The van der Waals surface area contributed by atoms with Gasteiger partial charge in [-0.15, -0.1) is 0 Å². The fraction of sp³-hybridized carbons (Fsp3) is 0.188. The molecule has 3 aromatic rings. The standard InChI is InChI=1S/C16H17N3/c1-17-9-15-10-18-12-19(15)11-14-7-4-6-13-5-2-3-8-16(13)14/h2-8,10,12,17H,9,11H2,1H3. The molecule has 0 fully saturated rings. The van der Waals surface area contributed by atoms with E-state index in [2.05, 4.69) is 57.3 Å². The van der Waals surface area contributed by atoms with E-state index >= 15 is 0 Å². The van der Waals surface area contributed by atoms with Crippen LogP contribution in [0.5, 0.6) is 0 Å². The Morgan fingerprint density at radius 2 is 1.95 bits per heavy atom. The van der Waals surface area contributed by atoms with Gasteiger partial charge in [0.05, 0.1) is 12.0 Å².